The third-order valence-corrected chi connectivity index (χ3v) is 7.64. The van der Waals surface area contributed by atoms with Gasteiger partial charge in [-0.25, -0.2) is 0 Å². The average molecular weight is 477 g/mol. The lowest BCUT2D eigenvalue weighted by molar-refractivity contribution is -0.133. The van der Waals surface area contributed by atoms with Crippen LogP contribution in [0.15, 0.2) is 24.3 Å². The maximum absolute atomic E-state index is 12.8. The lowest BCUT2D eigenvalue weighted by Gasteiger charge is -2.44. The molecule has 33 heavy (non-hydrogen) atoms. The fourth-order valence-corrected chi connectivity index (χ4v) is 5.54. The van der Waals surface area contributed by atoms with Gasteiger partial charge in [0.2, 0.25) is 11.8 Å². The number of carbonyl (C=O) groups excluding carboxylic acids is 2. The maximum Gasteiger partial charge on any atom is 0.231 e. The van der Waals surface area contributed by atoms with E-state index in [0.29, 0.717) is 24.9 Å². The Morgan fingerprint density at radius 1 is 1.06 bits per heavy atom. The fourth-order valence-electron chi connectivity index (χ4n) is 5.41. The van der Waals surface area contributed by atoms with E-state index in [1.54, 1.807) is 0 Å². The third-order valence-electron chi connectivity index (χ3n) is 7.39. The molecule has 2 aliphatic rings. The summed E-state index contributed by atoms with van der Waals surface area (Å²) in [6.45, 7) is 7.51. The third kappa shape index (κ3) is 8.27. The second kappa shape index (κ2) is 13.3. The van der Waals surface area contributed by atoms with Crippen molar-refractivity contribution in [1.82, 2.24) is 14.7 Å². The quantitative estimate of drug-likeness (QED) is 0.524. The van der Waals surface area contributed by atoms with Crippen LogP contribution in [0.4, 0.5) is 0 Å². The van der Waals surface area contributed by atoms with Gasteiger partial charge in [-0.05, 0) is 49.4 Å². The molecule has 1 heterocycles. The van der Waals surface area contributed by atoms with Gasteiger partial charge in [0.05, 0.1) is 6.54 Å². The summed E-state index contributed by atoms with van der Waals surface area (Å²) < 4.78 is 0. The van der Waals surface area contributed by atoms with Crippen LogP contribution in [0.5, 0.6) is 0 Å². The molecule has 1 aliphatic heterocycles. The molecule has 0 spiro atoms. The van der Waals surface area contributed by atoms with Gasteiger partial charge in [0.15, 0.2) is 0 Å². The first-order valence-electron chi connectivity index (χ1n) is 12.7. The minimum absolute atomic E-state index is 0.236. The zero-order valence-electron chi connectivity index (χ0n) is 20.2. The number of carbonyl (C=O) groups is 2. The Balaban J connectivity index is 1.56. The highest BCUT2D eigenvalue weighted by atomic mass is 35.5. The van der Waals surface area contributed by atoms with Gasteiger partial charge in [0.25, 0.3) is 0 Å². The summed E-state index contributed by atoms with van der Waals surface area (Å²) in [5.41, 5.74) is 6.66. The Hall–Kier alpha value is -1.63. The maximum atomic E-state index is 12.8. The molecule has 1 saturated carbocycles. The van der Waals surface area contributed by atoms with Crippen molar-refractivity contribution < 1.29 is 9.59 Å². The van der Waals surface area contributed by atoms with E-state index in [-0.39, 0.29) is 11.8 Å². The van der Waals surface area contributed by atoms with E-state index in [1.165, 1.54) is 38.5 Å². The Labute approximate surface area is 204 Å². The Bertz CT molecular complexity index is 741. The van der Waals surface area contributed by atoms with Gasteiger partial charge in [-0.15, -0.1) is 0 Å². The van der Waals surface area contributed by atoms with Gasteiger partial charge in [0.1, 0.15) is 0 Å². The predicted octanol–water partition coefficient (Wildman–Crippen LogP) is 3.56. The standard InChI is InChI=1S/C26H41ClN4O2/c1-2-29(20-25(28)32)19-24(22-7-5-3-4-6-8-22)30-15-17-31(18-16-30)26(33)14-11-21-9-12-23(27)13-10-21/h9-10,12-13,22,24H,2-8,11,14-20H2,1H3,(H2,28,32). The molecule has 1 aromatic carbocycles. The lowest BCUT2D eigenvalue weighted by Crippen LogP contribution is -2.57. The molecule has 1 aliphatic carbocycles. The highest BCUT2D eigenvalue weighted by molar-refractivity contribution is 6.30. The van der Waals surface area contributed by atoms with Gasteiger partial charge < -0.3 is 10.6 Å². The van der Waals surface area contributed by atoms with Crippen LogP contribution in [0.3, 0.4) is 0 Å². The zero-order valence-corrected chi connectivity index (χ0v) is 20.9. The first-order valence-corrected chi connectivity index (χ1v) is 13.1. The molecule has 2 N–H and O–H groups in total. The van der Waals surface area contributed by atoms with Crippen LogP contribution in [0.25, 0.3) is 0 Å². The molecule has 1 saturated heterocycles. The smallest absolute Gasteiger partial charge is 0.231 e. The molecule has 1 aromatic rings. The van der Waals surface area contributed by atoms with Crippen molar-refractivity contribution >= 4 is 23.4 Å². The molecule has 2 amide bonds. The second-order valence-corrected chi connectivity index (χ2v) is 10.1. The molecule has 6 nitrogen and oxygen atoms in total. The number of piperazine rings is 1. The number of rotatable bonds is 10. The summed E-state index contributed by atoms with van der Waals surface area (Å²) >= 11 is 5.96. The average Bonchev–Trinajstić information content (AvgIpc) is 3.10. The van der Waals surface area contributed by atoms with Crippen molar-refractivity contribution in [3.05, 3.63) is 34.9 Å². The highest BCUT2D eigenvalue weighted by Crippen LogP contribution is 2.29. The Kier molecular flexibility index (Phi) is 10.5. The summed E-state index contributed by atoms with van der Waals surface area (Å²) in [7, 11) is 0. The van der Waals surface area contributed by atoms with E-state index < -0.39 is 0 Å². The molecular formula is C26H41ClN4O2. The Morgan fingerprint density at radius 2 is 1.70 bits per heavy atom. The van der Waals surface area contributed by atoms with E-state index in [4.69, 9.17) is 17.3 Å². The zero-order chi connectivity index (χ0) is 23.6. The predicted molar refractivity (Wildman–Crippen MR) is 134 cm³/mol. The van der Waals surface area contributed by atoms with Crippen LogP contribution in [0.2, 0.25) is 5.02 Å². The number of halogens is 1. The van der Waals surface area contributed by atoms with E-state index in [1.807, 2.05) is 29.2 Å². The molecule has 1 atom stereocenters. The SMILES string of the molecule is CCN(CC(N)=O)CC(C1CCCCCC1)N1CCN(C(=O)CCc2ccc(Cl)cc2)CC1. The molecule has 0 bridgehead atoms. The molecule has 2 fully saturated rings. The van der Waals surface area contributed by atoms with E-state index in [0.717, 1.165) is 56.3 Å². The van der Waals surface area contributed by atoms with Crippen LogP contribution in [-0.2, 0) is 16.0 Å². The molecule has 7 heteroatoms. The van der Waals surface area contributed by atoms with Crippen molar-refractivity contribution in [1.29, 1.82) is 0 Å². The molecule has 184 valence electrons. The van der Waals surface area contributed by atoms with Gasteiger partial charge >= 0.3 is 0 Å². The minimum atomic E-state index is -0.257. The number of hydrogen-bond acceptors (Lipinski definition) is 4. The number of primary amides is 1. The van der Waals surface area contributed by atoms with Crippen LogP contribution in [0.1, 0.15) is 57.4 Å². The van der Waals surface area contributed by atoms with Crippen LogP contribution in [0, 0.1) is 5.92 Å². The lowest BCUT2D eigenvalue weighted by atomic mass is 9.89. The number of nitrogens with two attached hydrogens (primary N) is 1. The molecule has 1 unspecified atom stereocenters. The summed E-state index contributed by atoms with van der Waals surface area (Å²) in [6, 6.07) is 8.18. The first kappa shape index (κ1) is 26.0. The van der Waals surface area contributed by atoms with E-state index in [2.05, 4.69) is 16.7 Å². The van der Waals surface area contributed by atoms with Crippen molar-refractivity contribution in [3.8, 4) is 0 Å². The minimum Gasteiger partial charge on any atom is -0.369 e. The summed E-state index contributed by atoms with van der Waals surface area (Å²) in [6.07, 6.45) is 9.07. The molecule has 0 radical (unpaired) electrons. The highest BCUT2D eigenvalue weighted by Gasteiger charge is 2.32. The number of nitrogens with zero attached hydrogens (tertiary/aromatic N) is 3. The Morgan fingerprint density at radius 3 is 2.27 bits per heavy atom. The first-order chi connectivity index (χ1) is 16.0. The molecule has 3 rings (SSSR count). The number of aryl methyl sites for hydroxylation is 1. The summed E-state index contributed by atoms with van der Waals surface area (Å²) in [5.74, 6) is 0.633. The number of benzene rings is 1. The summed E-state index contributed by atoms with van der Waals surface area (Å²) in [4.78, 5) is 31.2. The van der Waals surface area contributed by atoms with Crippen LogP contribution < -0.4 is 5.73 Å². The van der Waals surface area contributed by atoms with Gasteiger partial charge in [-0.3, -0.25) is 19.4 Å². The van der Waals surface area contributed by atoms with Gasteiger partial charge in [0, 0.05) is 50.2 Å². The molecule has 0 aromatic heterocycles. The molecular weight excluding hydrogens is 436 g/mol. The summed E-state index contributed by atoms with van der Waals surface area (Å²) in [5, 5.41) is 0.724. The number of amides is 2. The van der Waals surface area contributed by atoms with E-state index >= 15 is 0 Å². The number of hydrogen-bond donors (Lipinski definition) is 1. The normalized spacial score (nSPS) is 19.4. The van der Waals surface area contributed by atoms with Gasteiger partial charge in [-0.2, -0.15) is 0 Å². The van der Waals surface area contributed by atoms with Crippen LogP contribution >= 0.6 is 11.6 Å². The van der Waals surface area contributed by atoms with Crippen molar-refractivity contribution in [2.24, 2.45) is 11.7 Å². The second-order valence-electron chi connectivity index (χ2n) is 9.66. The van der Waals surface area contributed by atoms with Crippen molar-refractivity contribution in [2.75, 3.05) is 45.8 Å². The van der Waals surface area contributed by atoms with E-state index in [9.17, 15) is 9.59 Å². The van der Waals surface area contributed by atoms with Crippen molar-refractivity contribution in [2.45, 2.75) is 64.3 Å². The topological polar surface area (TPSA) is 69.9 Å². The van der Waals surface area contributed by atoms with Gasteiger partial charge in [-0.1, -0.05) is 56.3 Å². The monoisotopic (exact) mass is 476 g/mol. The van der Waals surface area contributed by atoms with Crippen LogP contribution in [-0.4, -0.2) is 78.4 Å². The largest absolute Gasteiger partial charge is 0.369 e. The van der Waals surface area contributed by atoms with Crippen molar-refractivity contribution in [3.63, 3.8) is 0 Å². The number of likely N-dealkylation sites (N-methyl/N-ethyl adjacent to an activating group) is 1. The fraction of sp³-hybridized carbons (Fsp3) is 0.692.